The lowest BCUT2D eigenvalue weighted by Crippen LogP contribution is -2.57. The zero-order valence-electron chi connectivity index (χ0n) is 16.8. The van der Waals surface area contributed by atoms with Gasteiger partial charge in [-0.3, -0.25) is 9.78 Å². The van der Waals surface area contributed by atoms with Gasteiger partial charge in [0, 0.05) is 49.6 Å². The number of anilines is 1. The van der Waals surface area contributed by atoms with Crippen LogP contribution in [0.15, 0.2) is 30.7 Å². The monoisotopic (exact) mass is 398 g/mol. The first-order valence-electron chi connectivity index (χ1n) is 10.2. The Labute approximate surface area is 170 Å². The fraction of sp³-hybridized carbons (Fsp3) is 0.524. The number of rotatable bonds is 4. The first-order valence-corrected chi connectivity index (χ1v) is 10.2. The highest BCUT2D eigenvalue weighted by molar-refractivity contribution is 5.82. The molecule has 2 aliphatic rings. The summed E-state index contributed by atoms with van der Waals surface area (Å²) in [7, 11) is 0. The maximum atomic E-state index is 14.3. The van der Waals surface area contributed by atoms with Gasteiger partial charge < -0.3 is 15.5 Å². The van der Waals surface area contributed by atoms with Crippen LogP contribution in [-0.2, 0) is 11.2 Å². The van der Waals surface area contributed by atoms with Crippen molar-refractivity contribution in [3.8, 4) is 0 Å². The number of carbonyl (C=O) groups excluding carboxylic acids is 1. The lowest BCUT2D eigenvalue weighted by Gasteiger charge is -2.42. The molecule has 0 saturated carbocycles. The molecule has 7 nitrogen and oxygen atoms in total. The number of nitrogens with zero attached hydrogens (tertiary/aromatic N) is 5. The molecule has 0 unspecified atom stereocenters. The van der Waals surface area contributed by atoms with E-state index in [-0.39, 0.29) is 17.9 Å². The summed E-state index contributed by atoms with van der Waals surface area (Å²) in [6, 6.07) is 5.05. The Hall–Kier alpha value is -2.61. The molecule has 4 rings (SSSR count). The second-order valence-electron chi connectivity index (χ2n) is 8.06. The minimum atomic E-state index is -1.02. The molecule has 0 radical (unpaired) electrons. The third-order valence-electron chi connectivity index (χ3n) is 5.93. The van der Waals surface area contributed by atoms with E-state index < -0.39 is 12.2 Å². The molecule has 2 N–H and O–H groups in total. The molecule has 0 bridgehead atoms. The highest BCUT2D eigenvalue weighted by atomic mass is 19.1. The topological polar surface area (TPSA) is 88.2 Å². The van der Waals surface area contributed by atoms with Crippen LogP contribution in [0.25, 0.3) is 0 Å². The van der Waals surface area contributed by atoms with Gasteiger partial charge in [-0.05, 0) is 31.4 Å². The third-order valence-corrected chi connectivity index (χ3v) is 5.93. The fourth-order valence-corrected chi connectivity index (χ4v) is 4.43. The van der Waals surface area contributed by atoms with Crippen molar-refractivity contribution in [3.05, 3.63) is 47.7 Å². The summed E-state index contributed by atoms with van der Waals surface area (Å²) in [6.45, 7) is 5.83. The van der Waals surface area contributed by atoms with Crippen molar-refractivity contribution in [1.82, 2.24) is 19.9 Å². The predicted molar refractivity (Wildman–Crippen MR) is 108 cm³/mol. The Kier molecular flexibility index (Phi) is 5.45. The van der Waals surface area contributed by atoms with Crippen LogP contribution in [0.3, 0.4) is 0 Å². The van der Waals surface area contributed by atoms with Crippen LogP contribution in [0.2, 0.25) is 0 Å². The highest BCUT2D eigenvalue weighted by Gasteiger charge is 2.37. The largest absolute Gasteiger partial charge is 0.350 e. The van der Waals surface area contributed by atoms with Gasteiger partial charge in [0.2, 0.25) is 5.91 Å². The molecule has 1 amide bonds. The second kappa shape index (κ2) is 8.02. The molecule has 0 spiro atoms. The molecule has 8 heteroatoms. The number of fused-ring (bicyclic) bond motifs is 1. The maximum absolute atomic E-state index is 14.3. The van der Waals surface area contributed by atoms with Crippen LogP contribution < -0.4 is 10.6 Å². The predicted octanol–water partition coefficient (Wildman–Crippen LogP) is 2.00. The van der Waals surface area contributed by atoms with E-state index in [1.165, 1.54) is 6.33 Å². The maximum Gasteiger partial charge on any atom is 0.240 e. The van der Waals surface area contributed by atoms with E-state index in [4.69, 9.17) is 5.73 Å². The lowest BCUT2D eigenvalue weighted by atomic mass is 10.0. The molecule has 1 saturated heterocycles. The van der Waals surface area contributed by atoms with Gasteiger partial charge in [-0.1, -0.05) is 13.0 Å². The molecule has 2 aromatic rings. The standard InChI is InChI=1S/C21H27FN6O/c1-13-9-16(22)19-18(13)20(26-12-25-19)28-8-7-27(11-14(28)2)21(29)17(23)10-15-5-3-4-6-24-15/h3-6,12-14,16-17H,7-11,23H2,1-2H3/t13-,14+,16+,17-/m1/s1. The van der Waals surface area contributed by atoms with Crippen LogP contribution in [0.1, 0.15) is 49.3 Å². The van der Waals surface area contributed by atoms with Crippen molar-refractivity contribution in [2.75, 3.05) is 24.5 Å². The summed E-state index contributed by atoms with van der Waals surface area (Å²) in [5.74, 6) is 0.835. The summed E-state index contributed by atoms with van der Waals surface area (Å²) in [6.07, 6.45) is 3.01. The number of amides is 1. The molecule has 29 heavy (non-hydrogen) atoms. The highest BCUT2D eigenvalue weighted by Crippen LogP contribution is 2.45. The Morgan fingerprint density at radius 3 is 2.83 bits per heavy atom. The van der Waals surface area contributed by atoms with Crippen LogP contribution in [0.4, 0.5) is 10.2 Å². The van der Waals surface area contributed by atoms with Crippen molar-refractivity contribution in [3.63, 3.8) is 0 Å². The number of aromatic nitrogens is 3. The molecule has 1 fully saturated rings. The van der Waals surface area contributed by atoms with E-state index in [2.05, 4.69) is 26.8 Å². The third kappa shape index (κ3) is 3.81. The first-order chi connectivity index (χ1) is 14.0. The Balaban J connectivity index is 1.45. The number of halogens is 1. The van der Waals surface area contributed by atoms with Crippen molar-refractivity contribution in [2.45, 2.75) is 50.9 Å². The van der Waals surface area contributed by atoms with Gasteiger partial charge in [0.05, 0.1) is 11.7 Å². The van der Waals surface area contributed by atoms with E-state index in [0.717, 1.165) is 17.1 Å². The number of pyridine rings is 1. The number of piperazine rings is 1. The summed E-state index contributed by atoms with van der Waals surface area (Å²) in [5.41, 5.74) is 8.42. The summed E-state index contributed by atoms with van der Waals surface area (Å²) < 4.78 is 14.3. The minimum absolute atomic E-state index is 0.0552. The van der Waals surface area contributed by atoms with Crippen molar-refractivity contribution in [1.29, 1.82) is 0 Å². The molecule has 0 aromatic carbocycles. The van der Waals surface area contributed by atoms with Crippen LogP contribution >= 0.6 is 0 Å². The lowest BCUT2D eigenvalue weighted by molar-refractivity contribution is -0.133. The van der Waals surface area contributed by atoms with Crippen molar-refractivity contribution < 1.29 is 9.18 Å². The molecule has 4 atom stereocenters. The van der Waals surface area contributed by atoms with E-state index in [9.17, 15) is 9.18 Å². The van der Waals surface area contributed by atoms with Gasteiger partial charge in [-0.15, -0.1) is 0 Å². The fourth-order valence-electron chi connectivity index (χ4n) is 4.43. The van der Waals surface area contributed by atoms with Crippen molar-refractivity contribution >= 4 is 11.7 Å². The smallest absolute Gasteiger partial charge is 0.240 e. The molecule has 1 aliphatic carbocycles. The van der Waals surface area contributed by atoms with Gasteiger partial charge in [0.25, 0.3) is 0 Å². The number of alkyl halides is 1. The molecule has 154 valence electrons. The van der Waals surface area contributed by atoms with E-state index >= 15 is 0 Å². The van der Waals surface area contributed by atoms with Crippen LogP contribution in [-0.4, -0.2) is 57.5 Å². The number of carbonyl (C=O) groups is 1. The number of hydrogen-bond acceptors (Lipinski definition) is 6. The zero-order valence-corrected chi connectivity index (χ0v) is 16.8. The SMILES string of the molecule is C[C@@H]1C[C@H](F)c2ncnc(N3CCN(C(=O)[C@H](N)Cc4ccccn4)C[C@@H]3C)c21. The zero-order chi connectivity index (χ0) is 20.5. The van der Waals surface area contributed by atoms with E-state index in [1.807, 2.05) is 30.0 Å². The summed E-state index contributed by atoms with van der Waals surface area (Å²) in [4.78, 5) is 29.8. The minimum Gasteiger partial charge on any atom is -0.350 e. The van der Waals surface area contributed by atoms with Crippen molar-refractivity contribution in [2.24, 2.45) is 5.73 Å². The average molecular weight is 398 g/mol. The first kappa shape index (κ1) is 19.7. The van der Waals surface area contributed by atoms with Gasteiger partial charge in [-0.2, -0.15) is 0 Å². The Morgan fingerprint density at radius 2 is 2.10 bits per heavy atom. The van der Waals surface area contributed by atoms with E-state index in [0.29, 0.717) is 38.2 Å². The molecule has 1 aliphatic heterocycles. The quantitative estimate of drug-likeness (QED) is 0.848. The molecular weight excluding hydrogens is 371 g/mol. The van der Waals surface area contributed by atoms with E-state index in [1.54, 1.807) is 6.20 Å². The molecule has 2 aromatic heterocycles. The Morgan fingerprint density at radius 1 is 1.28 bits per heavy atom. The number of nitrogens with two attached hydrogens (primary N) is 1. The van der Waals surface area contributed by atoms with Gasteiger partial charge in [0.1, 0.15) is 18.3 Å². The second-order valence-corrected chi connectivity index (χ2v) is 8.06. The molecular formula is C21H27FN6O. The number of hydrogen-bond donors (Lipinski definition) is 1. The Bertz CT molecular complexity index is 879. The van der Waals surface area contributed by atoms with Gasteiger partial charge in [0.15, 0.2) is 0 Å². The molecule has 3 heterocycles. The average Bonchev–Trinajstić information content (AvgIpc) is 3.02. The van der Waals surface area contributed by atoms with Gasteiger partial charge >= 0.3 is 0 Å². The van der Waals surface area contributed by atoms with Crippen LogP contribution in [0.5, 0.6) is 0 Å². The van der Waals surface area contributed by atoms with Crippen LogP contribution in [0, 0.1) is 0 Å². The van der Waals surface area contributed by atoms with Gasteiger partial charge in [-0.25, -0.2) is 14.4 Å². The summed E-state index contributed by atoms with van der Waals surface area (Å²) in [5, 5.41) is 0. The normalized spacial score (nSPS) is 25.0. The summed E-state index contributed by atoms with van der Waals surface area (Å²) >= 11 is 0.